The monoisotopic (exact) mass is 374 g/mol. The third-order valence-electron chi connectivity index (χ3n) is 4.31. The molecule has 0 spiro atoms. The smallest absolute Gasteiger partial charge is 0.265 e. The van der Waals surface area contributed by atoms with Crippen molar-refractivity contribution < 1.29 is 18.7 Å². The van der Waals surface area contributed by atoms with Crippen LogP contribution in [0.1, 0.15) is 18.3 Å². The predicted octanol–water partition coefficient (Wildman–Crippen LogP) is 2.48. The van der Waals surface area contributed by atoms with Gasteiger partial charge in [-0.1, -0.05) is 12.1 Å². The Hall–Kier alpha value is -2.74. The summed E-state index contributed by atoms with van der Waals surface area (Å²) in [6.07, 6.45) is -0.875. The van der Waals surface area contributed by atoms with Crippen LogP contribution in [-0.2, 0) is 9.53 Å². The molecule has 1 atom stereocenters. The van der Waals surface area contributed by atoms with Gasteiger partial charge < -0.3 is 19.7 Å². The van der Waals surface area contributed by atoms with Gasteiger partial charge in [-0.25, -0.2) is 14.4 Å². The third kappa shape index (κ3) is 4.51. The number of hydrogen-bond donors (Lipinski definition) is 1. The number of nitrogens with one attached hydrogen (secondary N) is 1. The average molecular weight is 374 g/mol. The fraction of sp³-hybridized carbons (Fsp3) is 0.421. The van der Waals surface area contributed by atoms with Crippen LogP contribution in [0.15, 0.2) is 24.3 Å². The number of carbonyl (C=O) groups is 1. The number of morpholine rings is 1. The Balaban J connectivity index is 1.70. The van der Waals surface area contributed by atoms with Crippen molar-refractivity contribution in [3.8, 4) is 5.75 Å². The van der Waals surface area contributed by atoms with E-state index in [0.717, 1.165) is 13.1 Å². The maximum atomic E-state index is 13.7. The van der Waals surface area contributed by atoms with Gasteiger partial charge in [0, 0.05) is 13.1 Å². The highest BCUT2D eigenvalue weighted by molar-refractivity contribution is 5.95. The molecule has 144 valence electrons. The lowest BCUT2D eigenvalue weighted by Crippen LogP contribution is -2.37. The van der Waals surface area contributed by atoms with Gasteiger partial charge in [-0.15, -0.1) is 0 Å². The lowest BCUT2D eigenvalue weighted by atomic mass is 10.2. The molecule has 1 aromatic carbocycles. The molecule has 8 heteroatoms. The highest BCUT2D eigenvalue weighted by atomic mass is 19.1. The van der Waals surface area contributed by atoms with Crippen LogP contribution in [0.4, 0.5) is 16.0 Å². The standard InChI is InChI=1S/C19H23FN4O3/c1-12-17(13(2)22-19(21-12)24-8-10-26-11-9-24)23-18(25)14(3)27-16-7-5-4-6-15(16)20/h4-7,14H,8-11H2,1-3H3,(H,23,25). The van der Waals surface area contributed by atoms with Crippen molar-refractivity contribution in [3.05, 3.63) is 41.5 Å². The van der Waals surface area contributed by atoms with Crippen LogP contribution in [0.5, 0.6) is 5.75 Å². The van der Waals surface area contributed by atoms with Crippen LogP contribution < -0.4 is 15.0 Å². The fourth-order valence-corrected chi connectivity index (χ4v) is 2.79. The molecule has 3 rings (SSSR count). The van der Waals surface area contributed by atoms with Gasteiger partial charge in [0.15, 0.2) is 17.7 Å². The van der Waals surface area contributed by atoms with E-state index in [1.807, 2.05) is 13.8 Å². The number of aromatic nitrogens is 2. The zero-order chi connectivity index (χ0) is 19.4. The number of carbonyl (C=O) groups excluding carboxylic acids is 1. The number of rotatable bonds is 5. The summed E-state index contributed by atoms with van der Waals surface area (Å²) in [5.74, 6) is -0.246. The molecule has 0 radical (unpaired) electrons. The molecule has 2 aromatic rings. The Morgan fingerprint density at radius 2 is 1.85 bits per heavy atom. The molecule has 0 saturated carbocycles. The second kappa shape index (κ2) is 8.30. The molecule has 1 aromatic heterocycles. The van der Waals surface area contributed by atoms with Crippen LogP contribution in [-0.4, -0.2) is 48.3 Å². The van der Waals surface area contributed by atoms with Gasteiger partial charge in [-0.05, 0) is 32.9 Å². The summed E-state index contributed by atoms with van der Waals surface area (Å²) in [5, 5.41) is 2.79. The molecule has 1 N–H and O–H groups in total. The first-order chi connectivity index (χ1) is 13.0. The summed E-state index contributed by atoms with van der Waals surface area (Å²) in [6, 6.07) is 5.98. The Morgan fingerprint density at radius 3 is 2.48 bits per heavy atom. The summed E-state index contributed by atoms with van der Waals surface area (Å²) in [6.45, 7) is 7.95. The Labute approximate surface area is 157 Å². The molecular formula is C19H23FN4O3. The van der Waals surface area contributed by atoms with E-state index in [4.69, 9.17) is 9.47 Å². The number of ether oxygens (including phenoxy) is 2. The van der Waals surface area contributed by atoms with Crippen LogP contribution >= 0.6 is 0 Å². The second-order valence-corrected chi connectivity index (χ2v) is 6.35. The summed E-state index contributed by atoms with van der Waals surface area (Å²) >= 11 is 0. The van der Waals surface area contributed by atoms with E-state index < -0.39 is 17.8 Å². The van der Waals surface area contributed by atoms with Crippen molar-refractivity contribution >= 4 is 17.5 Å². The Morgan fingerprint density at radius 1 is 1.22 bits per heavy atom. The van der Waals surface area contributed by atoms with E-state index in [1.165, 1.54) is 12.1 Å². The molecule has 2 heterocycles. The van der Waals surface area contributed by atoms with Gasteiger partial charge in [0.2, 0.25) is 5.95 Å². The highest BCUT2D eigenvalue weighted by Crippen LogP contribution is 2.22. The second-order valence-electron chi connectivity index (χ2n) is 6.35. The van der Waals surface area contributed by atoms with Gasteiger partial charge in [-0.2, -0.15) is 0 Å². The van der Waals surface area contributed by atoms with Gasteiger partial charge >= 0.3 is 0 Å². The maximum Gasteiger partial charge on any atom is 0.265 e. The molecule has 1 amide bonds. The zero-order valence-corrected chi connectivity index (χ0v) is 15.7. The van der Waals surface area contributed by atoms with Crippen molar-refractivity contribution in [2.24, 2.45) is 0 Å². The molecular weight excluding hydrogens is 351 g/mol. The first kappa shape index (κ1) is 19.0. The first-order valence-electron chi connectivity index (χ1n) is 8.85. The van der Waals surface area contributed by atoms with Crippen LogP contribution in [0.3, 0.4) is 0 Å². The molecule has 1 aliphatic heterocycles. The molecule has 1 fully saturated rings. The number of halogens is 1. The van der Waals surface area contributed by atoms with Crippen molar-refractivity contribution in [2.75, 3.05) is 36.5 Å². The van der Waals surface area contributed by atoms with E-state index in [-0.39, 0.29) is 5.75 Å². The van der Waals surface area contributed by atoms with Crippen LogP contribution in [0.2, 0.25) is 0 Å². The number of anilines is 2. The minimum Gasteiger partial charge on any atom is -0.478 e. The van der Waals surface area contributed by atoms with E-state index >= 15 is 0 Å². The largest absolute Gasteiger partial charge is 0.478 e. The Bertz CT molecular complexity index is 801. The normalized spacial score (nSPS) is 15.3. The van der Waals surface area contributed by atoms with Gasteiger partial charge in [0.25, 0.3) is 5.91 Å². The number of amides is 1. The molecule has 7 nitrogen and oxygen atoms in total. The van der Waals surface area contributed by atoms with Crippen molar-refractivity contribution in [2.45, 2.75) is 26.9 Å². The summed E-state index contributed by atoms with van der Waals surface area (Å²) in [7, 11) is 0. The van der Waals surface area contributed by atoms with Gasteiger partial charge in [0.05, 0.1) is 30.3 Å². The SMILES string of the molecule is Cc1nc(N2CCOCC2)nc(C)c1NC(=O)C(C)Oc1ccccc1F. The maximum absolute atomic E-state index is 13.7. The zero-order valence-electron chi connectivity index (χ0n) is 15.7. The molecule has 0 bridgehead atoms. The van der Waals surface area contributed by atoms with Crippen molar-refractivity contribution in [1.29, 1.82) is 0 Å². The molecule has 0 aliphatic carbocycles. The highest BCUT2D eigenvalue weighted by Gasteiger charge is 2.21. The predicted molar refractivity (Wildman–Crippen MR) is 99.7 cm³/mol. The molecule has 27 heavy (non-hydrogen) atoms. The lowest BCUT2D eigenvalue weighted by Gasteiger charge is -2.27. The number of para-hydroxylation sites is 1. The number of hydrogen-bond acceptors (Lipinski definition) is 6. The first-order valence-corrected chi connectivity index (χ1v) is 8.85. The molecule has 1 saturated heterocycles. The summed E-state index contributed by atoms with van der Waals surface area (Å²) in [5.41, 5.74) is 1.87. The number of aryl methyl sites for hydroxylation is 2. The minimum atomic E-state index is -0.875. The quantitative estimate of drug-likeness (QED) is 0.867. The summed E-state index contributed by atoms with van der Waals surface area (Å²) < 4.78 is 24.5. The molecule has 1 unspecified atom stereocenters. The number of nitrogens with zero attached hydrogens (tertiary/aromatic N) is 3. The van der Waals surface area contributed by atoms with E-state index in [1.54, 1.807) is 19.1 Å². The van der Waals surface area contributed by atoms with Crippen molar-refractivity contribution in [3.63, 3.8) is 0 Å². The third-order valence-corrected chi connectivity index (χ3v) is 4.31. The minimum absolute atomic E-state index is 0.0347. The molecule has 1 aliphatic rings. The van der Waals surface area contributed by atoms with E-state index in [0.29, 0.717) is 36.2 Å². The van der Waals surface area contributed by atoms with E-state index in [9.17, 15) is 9.18 Å². The van der Waals surface area contributed by atoms with Crippen LogP contribution in [0.25, 0.3) is 0 Å². The van der Waals surface area contributed by atoms with Crippen LogP contribution in [0, 0.1) is 19.7 Å². The topological polar surface area (TPSA) is 76.6 Å². The average Bonchev–Trinajstić information content (AvgIpc) is 2.66. The van der Waals surface area contributed by atoms with Gasteiger partial charge in [-0.3, -0.25) is 4.79 Å². The van der Waals surface area contributed by atoms with Crippen molar-refractivity contribution in [1.82, 2.24) is 9.97 Å². The Kier molecular flexibility index (Phi) is 5.85. The fourth-order valence-electron chi connectivity index (χ4n) is 2.79. The summed E-state index contributed by atoms with van der Waals surface area (Å²) in [4.78, 5) is 23.6. The lowest BCUT2D eigenvalue weighted by molar-refractivity contribution is -0.122. The van der Waals surface area contributed by atoms with E-state index in [2.05, 4.69) is 20.2 Å². The number of benzene rings is 1. The van der Waals surface area contributed by atoms with Gasteiger partial charge in [0.1, 0.15) is 0 Å².